The molecular formula is C24H25F6N6PRu. The van der Waals surface area contributed by atoms with E-state index >= 15 is 0 Å². The van der Waals surface area contributed by atoms with Gasteiger partial charge in [-0.15, -0.1) is 5.56 Å². The fourth-order valence-electron chi connectivity index (χ4n) is 1.99. The zero-order chi connectivity index (χ0) is 29.0. The number of nitrogens with zero attached hydrogens (tertiary/aromatic N) is 6. The number of hydrogen-bond donors (Lipinski definition) is 0. The smallest absolute Gasteiger partial charge is 0.255 e. The van der Waals surface area contributed by atoms with Crippen LogP contribution in [-0.2, 0) is 26.0 Å². The molecule has 2 heterocycles. The van der Waals surface area contributed by atoms with E-state index in [9.17, 15) is 25.2 Å². The summed E-state index contributed by atoms with van der Waals surface area (Å²) in [5.74, 6) is 0. The summed E-state index contributed by atoms with van der Waals surface area (Å²) < 4.78 is 59.2. The van der Waals surface area contributed by atoms with E-state index in [4.69, 9.17) is 15.8 Å². The Bertz CT molecular complexity index is 1100. The van der Waals surface area contributed by atoms with Crippen molar-refractivity contribution in [1.82, 2.24) is 14.9 Å². The van der Waals surface area contributed by atoms with Crippen LogP contribution in [0.2, 0.25) is 0 Å². The van der Waals surface area contributed by atoms with Crippen molar-refractivity contribution in [2.45, 2.75) is 20.4 Å². The van der Waals surface area contributed by atoms with E-state index < -0.39 is 7.81 Å². The molecule has 0 aliphatic heterocycles. The van der Waals surface area contributed by atoms with E-state index in [0.717, 1.165) is 23.5 Å². The number of benzene rings is 1. The topological polar surface area (TPSA) is 100 Å². The number of pyridine rings is 2. The Kier molecular flexibility index (Phi) is 18.5. The fourth-order valence-corrected chi connectivity index (χ4v) is 1.99. The summed E-state index contributed by atoms with van der Waals surface area (Å²) >= 11 is 0. The molecular weight excluding hydrogens is 618 g/mol. The molecule has 0 spiro atoms. The summed E-state index contributed by atoms with van der Waals surface area (Å²) in [5.41, 5.74) is 3.60. The van der Waals surface area contributed by atoms with Gasteiger partial charge in [0.15, 0.2) is 0 Å². The third kappa shape index (κ3) is 30.6. The Morgan fingerprint density at radius 2 is 1.18 bits per heavy atom. The zero-order valence-electron chi connectivity index (χ0n) is 20.8. The molecule has 14 heteroatoms. The standard InChI is InChI=1S/C10H8N2.C10H11N2.2C2H3N.F6P.Ru/c1-3-7-11-9(5-1)10-6-2-4-8-12-10;1-12(2)8-10-5-3-9(7-11)4-6-10;2*1-2-3;1-7(2,3,4,5)6;/h1-8H;3-5H,8H2,1-2H3;2*1H3;;/q;-1;;;-1;+2. The third-order valence-corrected chi connectivity index (χ3v) is 3.09. The summed E-state index contributed by atoms with van der Waals surface area (Å²) in [6.07, 6.45) is 3.54. The number of halogens is 6. The summed E-state index contributed by atoms with van der Waals surface area (Å²) in [6.45, 7) is 3.73. The molecule has 0 aliphatic rings. The number of rotatable bonds is 3. The van der Waals surface area contributed by atoms with Crippen molar-refractivity contribution in [1.29, 1.82) is 15.8 Å². The quantitative estimate of drug-likeness (QED) is 0.124. The van der Waals surface area contributed by atoms with E-state index in [1.54, 1.807) is 30.6 Å². The molecule has 3 rings (SSSR count). The van der Waals surface area contributed by atoms with Crippen LogP contribution in [0.5, 0.6) is 0 Å². The molecule has 1 aromatic carbocycles. The Hall–Kier alpha value is -3.42. The van der Waals surface area contributed by atoms with Crippen LogP contribution in [0.3, 0.4) is 0 Å². The Morgan fingerprint density at radius 3 is 1.42 bits per heavy atom. The molecule has 0 N–H and O–H groups in total. The van der Waals surface area contributed by atoms with Crippen molar-refractivity contribution in [2.75, 3.05) is 14.1 Å². The van der Waals surface area contributed by atoms with Crippen molar-refractivity contribution >= 4 is 7.81 Å². The second-order valence-electron chi connectivity index (χ2n) is 6.79. The van der Waals surface area contributed by atoms with Gasteiger partial charge in [-0.05, 0) is 38.4 Å². The van der Waals surface area contributed by atoms with Crippen molar-refractivity contribution in [2.24, 2.45) is 0 Å². The molecule has 38 heavy (non-hydrogen) atoms. The fraction of sp³-hybridized carbons (Fsp3) is 0.208. The van der Waals surface area contributed by atoms with Gasteiger partial charge in [0.2, 0.25) is 0 Å². The monoisotopic (exact) mass is 644 g/mol. The van der Waals surface area contributed by atoms with Gasteiger partial charge in [-0.1, -0.05) is 17.7 Å². The first-order valence-corrected chi connectivity index (χ1v) is 12.1. The minimum atomic E-state index is -10.7. The van der Waals surface area contributed by atoms with Crippen LogP contribution in [0.15, 0.2) is 67.0 Å². The maximum absolute atomic E-state index is 10.7. The van der Waals surface area contributed by atoms with E-state index in [1.165, 1.54) is 13.8 Å². The molecule has 0 aliphatic carbocycles. The van der Waals surface area contributed by atoms with Crippen molar-refractivity contribution in [3.8, 4) is 29.6 Å². The SMILES string of the molecule is CC#N.CC#N.CN(C)Cc1[c-]cc(C#N)cc1.F[P-](F)(F)(F)(F)F.[Ru+2].c1ccc(-c2ccccn2)nc1. The van der Waals surface area contributed by atoms with E-state index in [1.807, 2.05) is 62.6 Å². The van der Waals surface area contributed by atoms with E-state index in [0.29, 0.717) is 5.56 Å². The van der Waals surface area contributed by atoms with Crippen LogP contribution in [0.1, 0.15) is 25.0 Å². The van der Waals surface area contributed by atoms with Gasteiger partial charge >= 0.3 is 52.5 Å². The third-order valence-electron chi connectivity index (χ3n) is 3.09. The zero-order valence-corrected chi connectivity index (χ0v) is 23.4. The normalized spacial score (nSPS) is 10.8. The van der Waals surface area contributed by atoms with Crippen LogP contribution in [0.25, 0.3) is 11.4 Å². The summed E-state index contributed by atoms with van der Waals surface area (Å²) in [4.78, 5) is 10.4. The second-order valence-corrected chi connectivity index (χ2v) is 8.70. The molecule has 0 saturated carbocycles. The van der Waals surface area contributed by atoms with Gasteiger partial charge in [0.05, 0.1) is 23.5 Å². The van der Waals surface area contributed by atoms with Crippen LogP contribution < -0.4 is 0 Å². The van der Waals surface area contributed by atoms with Crippen molar-refractivity contribution < 1.29 is 44.7 Å². The Morgan fingerprint density at radius 1 is 0.789 bits per heavy atom. The minimum Gasteiger partial charge on any atom is -0.255 e. The van der Waals surface area contributed by atoms with Crippen molar-refractivity contribution in [3.05, 3.63) is 84.2 Å². The minimum absolute atomic E-state index is 0. The average molecular weight is 644 g/mol. The predicted molar refractivity (Wildman–Crippen MR) is 131 cm³/mol. The molecule has 206 valence electrons. The molecule has 2 aromatic heterocycles. The van der Waals surface area contributed by atoms with Crippen LogP contribution >= 0.6 is 7.81 Å². The van der Waals surface area contributed by atoms with Gasteiger partial charge < -0.3 is 4.90 Å². The molecule has 6 nitrogen and oxygen atoms in total. The molecule has 0 radical (unpaired) electrons. The predicted octanol–water partition coefficient (Wildman–Crippen LogP) is 8.00. The summed E-state index contributed by atoms with van der Waals surface area (Å²) in [7, 11) is -6.65. The molecule has 0 unspecified atom stereocenters. The van der Waals surface area contributed by atoms with Gasteiger partial charge in [-0.2, -0.15) is 34.8 Å². The largest absolute Gasteiger partial charge is 2.00 e. The van der Waals surface area contributed by atoms with Crippen LogP contribution in [0.4, 0.5) is 25.2 Å². The number of hydrogen-bond acceptors (Lipinski definition) is 6. The van der Waals surface area contributed by atoms with Gasteiger partial charge in [0.1, 0.15) is 0 Å². The maximum Gasteiger partial charge on any atom is 2.00 e. The molecule has 3 aromatic rings. The number of aromatic nitrogens is 2. The van der Waals surface area contributed by atoms with Gasteiger partial charge in [-0.25, -0.2) is 5.26 Å². The average Bonchev–Trinajstić information content (AvgIpc) is 2.80. The van der Waals surface area contributed by atoms with Gasteiger partial charge in [0.25, 0.3) is 0 Å². The molecule has 0 atom stereocenters. The van der Waals surface area contributed by atoms with Crippen LogP contribution in [-0.4, -0.2) is 29.0 Å². The molecule has 0 saturated heterocycles. The second kappa shape index (κ2) is 17.9. The van der Waals surface area contributed by atoms with Crippen LogP contribution in [0, 0.1) is 40.1 Å². The summed E-state index contributed by atoms with van der Waals surface area (Å²) in [6, 6.07) is 25.7. The van der Waals surface area contributed by atoms with Crippen molar-refractivity contribution in [3.63, 3.8) is 0 Å². The van der Waals surface area contributed by atoms with Gasteiger partial charge in [0, 0.05) is 38.9 Å². The first-order chi connectivity index (χ1) is 17.0. The summed E-state index contributed by atoms with van der Waals surface area (Å²) in [5, 5.41) is 23.2. The first-order valence-electron chi connectivity index (χ1n) is 10.0. The first kappa shape index (κ1) is 39.1. The van der Waals surface area contributed by atoms with E-state index in [-0.39, 0.29) is 19.5 Å². The van der Waals surface area contributed by atoms with E-state index in [2.05, 4.69) is 27.0 Å². The molecule has 0 amide bonds. The molecule has 0 bridgehead atoms. The maximum atomic E-state index is 9.87. The Balaban J connectivity index is -0.000000444. The molecule has 0 fully saturated rings. The van der Waals surface area contributed by atoms with Gasteiger partial charge in [-0.3, -0.25) is 9.97 Å². The Labute approximate surface area is 231 Å². The number of nitriles is 3.